The van der Waals surface area contributed by atoms with Gasteiger partial charge in [0.25, 0.3) is 0 Å². The lowest BCUT2D eigenvalue weighted by Crippen LogP contribution is -2.45. The minimum atomic E-state index is -0.141. The van der Waals surface area contributed by atoms with Crippen LogP contribution in [0, 0.1) is 11.8 Å². The van der Waals surface area contributed by atoms with Gasteiger partial charge in [0.2, 0.25) is 5.91 Å². The molecule has 5 nitrogen and oxygen atoms in total. The molecule has 0 spiro atoms. The highest BCUT2D eigenvalue weighted by Gasteiger charge is 2.27. The fourth-order valence-corrected chi connectivity index (χ4v) is 3.64. The van der Waals surface area contributed by atoms with Crippen LogP contribution in [0.25, 0.3) is 0 Å². The maximum atomic E-state index is 12.4. The number of ether oxygens (including phenoxy) is 1. The molecule has 0 saturated carbocycles. The highest BCUT2D eigenvalue weighted by molar-refractivity contribution is 5.78. The molecule has 1 fully saturated rings. The number of hydrogen-bond donors (Lipinski definition) is 1. The van der Waals surface area contributed by atoms with Crippen molar-refractivity contribution in [1.29, 1.82) is 0 Å². The van der Waals surface area contributed by atoms with Gasteiger partial charge in [-0.1, -0.05) is 38.1 Å². The summed E-state index contributed by atoms with van der Waals surface area (Å²) in [5.74, 6) is 0.379. The third-order valence-electron chi connectivity index (χ3n) is 4.99. The number of carbonyl (C=O) groups is 2. The summed E-state index contributed by atoms with van der Waals surface area (Å²) in [7, 11) is 0. The molecular formula is C22H34N2O3. The smallest absolute Gasteiger partial charge is 0.310 e. The zero-order valence-electron chi connectivity index (χ0n) is 17.2. The van der Waals surface area contributed by atoms with Crippen molar-refractivity contribution in [1.82, 2.24) is 10.2 Å². The van der Waals surface area contributed by atoms with Gasteiger partial charge in [-0.3, -0.25) is 14.5 Å². The largest absolute Gasteiger partial charge is 0.466 e. The van der Waals surface area contributed by atoms with E-state index >= 15 is 0 Å². The number of piperidine rings is 1. The van der Waals surface area contributed by atoms with E-state index in [9.17, 15) is 9.59 Å². The van der Waals surface area contributed by atoms with Gasteiger partial charge in [-0.25, -0.2) is 0 Å². The standard InChI is InChI=1S/C22H34N2O3/c1-5-27-22(26)20-7-6-12-24(14-20)15-21(25)23-17(4)19-10-8-18(9-11-19)13-16(2)3/h8-11,16-17,20H,5-7,12-15H2,1-4H3,(H,23,25). The predicted octanol–water partition coefficient (Wildman–Crippen LogP) is 3.34. The zero-order valence-corrected chi connectivity index (χ0v) is 17.2. The van der Waals surface area contributed by atoms with Gasteiger partial charge in [-0.05, 0) is 56.7 Å². The van der Waals surface area contributed by atoms with Crippen LogP contribution in [0.15, 0.2) is 24.3 Å². The minimum Gasteiger partial charge on any atom is -0.466 e. The van der Waals surface area contributed by atoms with Crippen molar-refractivity contribution in [2.75, 3.05) is 26.2 Å². The molecule has 0 aromatic heterocycles. The van der Waals surface area contributed by atoms with E-state index in [4.69, 9.17) is 4.74 Å². The SMILES string of the molecule is CCOC(=O)C1CCCN(CC(=O)NC(C)c2ccc(CC(C)C)cc2)C1. The van der Waals surface area contributed by atoms with E-state index in [1.54, 1.807) is 0 Å². The Morgan fingerprint density at radius 3 is 2.56 bits per heavy atom. The average molecular weight is 375 g/mol. The first kappa shape index (κ1) is 21.4. The van der Waals surface area contributed by atoms with Crippen LogP contribution >= 0.6 is 0 Å². The van der Waals surface area contributed by atoms with E-state index in [2.05, 4.69) is 48.3 Å². The molecule has 1 aliphatic heterocycles. The van der Waals surface area contributed by atoms with E-state index in [0.717, 1.165) is 31.4 Å². The summed E-state index contributed by atoms with van der Waals surface area (Å²) in [4.78, 5) is 26.4. The molecule has 5 heteroatoms. The molecule has 1 heterocycles. The van der Waals surface area contributed by atoms with Crippen LogP contribution in [0.5, 0.6) is 0 Å². The number of benzene rings is 1. The van der Waals surface area contributed by atoms with Crippen molar-refractivity contribution in [3.63, 3.8) is 0 Å². The molecule has 1 amide bonds. The summed E-state index contributed by atoms with van der Waals surface area (Å²) >= 11 is 0. The molecule has 1 aromatic rings. The number of nitrogens with zero attached hydrogens (tertiary/aromatic N) is 1. The molecule has 0 aliphatic carbocycles. The van der Waals surface area contributed by atoms with Crippen molar-refractivity contribution < 1.29 is 14.3 Å². The molecule has 1 saturated heterocycles. The topological polar surface area (TPSA) is 58.6 Å². The van der Waals surface area contributed by atoms with Crippen molar-refractivity contribution in [2.24, 2.45) is 11.8 Å². The molecule has 0 radical (unpaired) electrons. The zero-order chi connectivity index (χ0) is 19.8. The Morgan fingerprint density at radius 1 is 1.22 bits per heavy atom. The highest BCUT2D eigenvalue weighted by Crippen LogP contribution is 2.18. The Hall–Kier alpha value is -1.88. The Labute approximate surface area is 163 Å². The van der Waals surface area contributed by atoms with Gasteiger partial charge in [0.05, 0.1) is 25.1 Å². The number of rotatable bonds is 8. The number of carbonyl (C=O) groups excluding carboxylic acids is 2. The third kappa shape index (κ3) is 6.98. The van der Waals surface area contributed by atoms with Crippen molar-refractivity contribution >= 4 is 11.9 Å². The van der Waals surface area contributed by atoms with E-state index in [1.807, 2.05) is 13.8 Å². The summed E-state index contributed by atoms with van der Waals surface area (Å²) in [6.45, 7) is 10.4. The van der Waals surface area contributed by atoms with E-state index in [-0.39, 0.29) is 23.8 Å². The fraction of sp³-hybridized carbons (Fsp3) is 0.636. The summed E-state index contributed by atoms with van der Waals surface area (Å²) < 4.78 is 5.12. The van der Waals surface area contributed by atoms with Crippen LogP contribution in [0.2, 0.25) is 0 Å². The number of hydrogen-bond acceptors (Lipinski definition) is 4. The van der Waals surface area contributed by atoms with Gasteiger partial charge in [-0.2, -0.15) is 0 Å². The first-order chi connectivity index (χ1) is 12.9. The van der Waals surface area contributed by atoms with E-state index in [1.165, 1.54) is 5.56 Å². The summed E-state index contributed by atoms with van der Waals surface area (Å²) in [5.41, 5.74) is 2.43. The highest BCUT2D eigenvalue weighted by atomic mass is 16.5. The Bertz CT molecular complexity index is 612. The van der Waals surface area contributed by atoms with Crippen LogP contribution in [-0.4, -0.2) is 43.0 Å². The molecular weight excluding hydrogens is 340 g/mol. The van der Waals surface area contributed by atoms with Gasteiger partial charge < -0.3 is 10.1 Å². The summed E-state index contributed by atoms with van der Waals surface area (Å²) in [5, 5.41) is 3.08. The van der Waals surface area contributed by atoms with Gasteiger partial charge in [0, 0.05) is 6.54 Å². The Balaban J connectivity index is 1.83. The molecule has 150 valence electrons. The van der Waals surface area contributed by atoms with Crippen LogP contribution in [-0.2, 0) is 20.7 Å². The summed E-state index contributed by atoms with van der Waals surface area (Å²) in [6, 6.07) is 8.45. The number of likely N-dealkylation sites (tertiary alicyclic amines) is 1. The van der Waals surface area contributed by atoms with Crippen molar-refractivity contribution in [2.45, 2.75) is 53.0 Å². The molecule has 1 aliphatic rings. The second-order valence-corrected chi connectivity index (χ2v) is 7.96. The van der Waals surface area contributed by atoms with E-state index in [0.29, 0.717) is 25.6 Å². The van der Waals surface area contributed by atoms with Crippen LogP contribution < -0.4 is 5.32 Å². The maximum Gasteiger partial charge on any atom is 0.310 e. The van der Waals surface area contributed by atoms with E-state index < -0.39 is 0 Å². The molecule has 2 atom stereocenters. The van der Waals surface area contributed by atoms with Crippen LogP contribution in [0.4, 0.5) is 0 Å². The number of amides is 1. The van der Waals surface area contributed by atoms with Crippen LogP contribution in [0.1, 0.15) is 57.7 Å². The quantitative estimate of drug-likeness (QED) is 0.709. The average Bonchev–Trinajstić information content (AvgIpc) is 2.62. The molecule has 0 bridgehead atoms. The lowest BCUT2D eigenvalue weighted by molar-refractivity contribution is -0.150. The lowest BCUT2D eigenvalue weighted by Gasteiger charge is -2.31. The predicted molar refractivity (Wildman–Crippen MR) is 107 cm³/mol. The van der Waals surface area contributed by atoms with Gasteiger partial charge >= 0.3 is 5.97 Å². The Morgan fingerprint density at radius 2 is 1.93 bits per heavy atom. The molecule has 27 heavy (non-hydrogen) atoms. The Kier molecular flexibility index (Phi) is 8.29. The van der Waals surface area contributed by atoms with Gasteiger partial charge in [-0.15, -0.1) is 0 Å². The molecule has 2 rings (SSSR count). The molecule has 1 N–H and O–H groups in total. The number of esters is 1. The minimum absolute atomic E-state index is 0.00161. The normalized spacial score (nSPS) is 18.9. The first-order valence-electron chi connectivity index (χ1n) is 10.2. The number of nitrogens with one attached hydrogen (secondary N) is 1. The monoisotopic (exact) mass is 374 g/mol. The van der Waals surface area contributed by atoms with Crippen molar-refractivity contribution in [3.05, 3.63) is 35.4 Å². The van der Waals surface area contributed by atoms with Crippen LogP contribution in [0.3, 0.4) is 0 Å². The molecule has 1 aromatic carbocycles. The lowest BCUT2D eigenvalue weighted by atomic mass is 9.98. The molecule has 2 unspecified atom stereocenters. The third-order valence-corrected chi connectivity index (χ3v) is 4.99. The fourth-order valence-electron chi connectivity index (χ4n) is 3.64. The maximum absolute atomic E-state index is 12.4. The second-order valence-electron chi connectivity index (χ2n) is 7.96. The first-order valence-corrected chi connectivity index (χ1v) is 10.2. The second kappa shape index (κ2) is 10.5. The van der Waals surface area contributed by atoms with Crippen molar-refractivity contribution in [3.8, 4) is 0 Å². The van der Waals surface area contributed by atoms with Gasteiger partial charge in [0.1, 0.15) is 0 Å². The summed E-state index contributed by atoms with van der Waals surface area (Å²) in [6.07, 6.45) is 2.83. The van der Waals surface area contributed by atoms with Gasteiger partial charge in [0.15, 0.2) is 0 Å².